The molecule has 5 atom stereocenters. The minimum absolute atomic E-state index is 0.0682. The molecule has 2 fully saturated rings. The molecule has 2 aliphatic heterocycles. The van der Waals surface area contributed by atoms with Crippen LogP contribution in [0, 0.1) is 17.2 Å². The summed E-state index contributed by atoms with van der Waals surface area (Å²) in [4.78, 5) is 4.49. The third-order valence-corrected chi connectivity index (χ3v) is 6.96. The summed E-state index contributed by atoms with van der Waals surface area (Å²) in [6, 6.07) is 21.1. The van der Waals surface area contributed by atoms with Crippen LogP contribution in [0.15, 0.2) is 66.9 Å². The molecule has 1 saturated carbocycles. The molecular formula is C24H17ClN2O3. The second-order valence-electron chi connectivity index (χ2n) is 8.10. The van der Waals surface area contributed by atoms with Crippen molar-refractivity contribution in [2.24, 2.45) is 5.92 Å². The van der Waals surface area contributed by atoms with Gasteiger partial charge in [0, 0.05) is 24.1 Å². The van der Waals surface area contributed by atoms with Gasteiger partial charge in [-0.2, -0.15) is 5.26 Å². The lowest BCUT2D eigenvalue weighted by Crippen LogP contribution is -2.54. The van der Waals surface area contributed by atoms with E-state index in [0.717, 1.165) is 11.1 Å². The topological polar surface area (TPSA) is 75.4 Å². The fraction of sp³-hybridized carbons (Fsp3) is 0.250. The Morgan fingerprint density at radius 1 is 1.13 bits per heavy atom. The Labute approximate surface area is 178 Å². The van der Waals surface area contributed by atoms with Crippen molar-refractivity contribution in [3.63, 3.8) is 0 Å². The Hall–Kier alpha value is -2.91. The van der Waals surface area contributed by atoms with Gasteiger partial charge < -0.3 is 14.6 Å². The molecule has 2 unspecified atom stereocenters. The average Bonchev–Trinajstić information content (AvgIpc) is 3.07. The largest absolute Gasteiger partial charge is 0.476 e. The number of hydrogen-bond donors (Lipinski definition) is 1. The second-order valence-corrected chi connectivity index (χ2v) is 8.54. The molecule has 1 aliphatic carbocycles. The zero-order valence-electron chi connectivity index (χ0n) is 15.8. The van der Waals surface area contributed by atoms with Gasteiger partial charge in [-0.15, -0.1) is 0 Å². The van der Waals surface area contributed by atoms with E-state index in [2.05, 4.69) is 23.2 Å². The number of fused-ring (bicyclic) bond motifs is 5. The van der Waals surface area contributed by atoms with E-state index in [1.807, 2.05) is 30.3 Å². The van der Waals surface area contributed by atoms with E-state index in [1.54, 1.807) is 18.2 Å². The fourth-order valence-electron chi connectivity index (χ4n) is 5.56. The van der Waals surface area contributed by atoms with Crippen LogP contribution in [-0.2, 0) is 15.9 Å². The standard InChI is InChI=1S/C24H17ClN2O3/c25-17-10-19-21(27-12-17)23(28)22-18(13-29-22)20(15-4-2-1-3-5-15)24(23,30-19)16-8-6-14(11-26)7-9-16/h1-10,12,18,20,22,28H,13H2/t18-,20-,22-,23?,24?/m1/s1. The summed E-state index contributed by atoms with van der Waals surface area (Å²) in [5.41, 5.74) is 0.215. The monoisotopic (exact) mass is 416 g/mol. The Morgan fingerprint density at radius 2 is 1.90 bits per heavy atom. The van der Waals surface area contributed by atoms with Crippen molar-refractivity contribution < 1.29 is 14.6 Å². The van der Waals surface area contributed by atoms with Gasteiger partial charge in [0.1, 0.15) is 17.5 Å². The van der Waals surface area contributed by atoms with E-state index in [1.165, 1.54) is 6.20 Å². The number of aliphatic hydroxyl groups is 1. The van der Waals surface area contributed by atoms with Gasteiger partial charge in [0.05, 0.1) is 23.3 Å². The number of nitrogens with zero attached hydrogens (tertiary/aromatic N) is 2. The number of pyridine rings is 1. The number of nitriles is 1. The Bertz CT molecular complexity index is 1190. The summed E-state index contributed by atoms with van der Waals surface area (Å²) in [6.45, 7) is 0.539. The molecule has 30 heavy (non-hydrogen) atoms. The molecule has 3 heterocycles. The first kappa shape index (κ1) is 17.9. The molecule has 6 rings (SSSR count). The maximum atomic E-state index is 12.3. The van der Waals surface area contributed by atoms with Crippen molar-refractivity contribution in [1.29, 1.82) is 5.26 Å². The third kappa shape index (κ3) is 2.01. The lowest BCUT2D eigenvalue weighted by atomic mass is 9.72. The van der Waals surface area contributed by atoms with Crippen LogP contribution in [0.2, 0.25) is 5.02 Å². The predicted octanol–water partition coefficient (Wildman–Crippen LogP) is 3.89. The molecule has 0 amide bonds. The van der Waals surface area contributed by atoms with Gasteiger partial charge in [0.15, 0.2) is 11.2 Å². The van der Waals surface area contributed by atoms with Crippen molar-refractivity contribution in [1.82, 2.24) is 4.98 Å². The summed E-state index contributed by atoms with van der Waals surface area (Å²) in [6.07, 6.45) is 1.08. The number of rotatable bonds is 2. The number of aromatic nitrogens is 1. The Morgan fingerprint density at radius 3 is 2.57 bits per heavy atom. The summed E-state index contributed by atoms with van der Waals surface area (Å²) in [7, 11) is 0. The third-order valence-electron chi connectivity index (χ3n) is 6.75. The van der Waals surface area contributed by atoms with E-state index in [0.29, 0.717) is 28.6 Å². The highest BCUT2D eigenvalue weighted by atomic mass is 35.5. The lowest BCUT2D eigenvalue weighted by molar-refractivity contribution is -0.208. The highest BCUT2D eigenvalue weighted by Crippen LogP contribution is 2.70. The van der Waals surface area contributed by atoms with E-state index in [9.17, 15) is 10.4 Å². The second kappa shape index (κ2) is 6.05. The molecule has 5 nitrogen and oxygen atoms in total. The predicted molar refractivity (Wildman–Crippen MR) is 109 cm³/mol. The van der Waals surface area contributed by atoms with Crippen molar-refractivity contribution in [2.75, 3.05) is 6.61 Å². The number of ether oxygens (including phenoxy) is 2. The van der Waals surface area contributed by atoms with Crippen LogP contribution in [0.3, 0.4) is 0 Å². The quantitative estimate of drug-likeness (QED) is 0.685. The Kier molecular flexibility index (Phi) is 3.61. The highest BCUT2D eigenvalue weighted by Gasteiger charge is 2.79. The summed E-state index contributed by atoms with van der Waals surface area (Å²) in [5.74, 6) is 0.367. The Balaban J connectivity index is 1.65. The van der Waals surface area contributed by atoms with Crippen LogP contribution in [-0.4, -0.2) is 22.8 Å². The van der Waals surface area contributed by atoms with E-state index < -0.39 is 17.3 Å². The molecule has 0 spiro atoms. The van der Waals surface area contributed by atoms with Crippen LogP contribution < -0.4 is 4.74 Å². The molecule has 3 aromatic rings. The zero-order valence-corrected chi connectivity index (χ0v) is 16.6. The van der Waals surface area contributed by atoms with Gasteiger partial charge >= 0.3 is 0 Å². The molecule has 0 bridgehead atoms. The van der Waals surface area contributed by atoms with Crippen LogP contribution in [0.1, 0.15) is 28.3 Å². The van der Waals surface area contributed by atoms with Gasteiger partial charge in [-0.25, -0.2) is 0 Å². The first-order valence-electron chi connectivity index (χ1n) is 9.84. The van der Waals surface area contributed by atoms with Crippen LogP contribution >= 0.6 is 11.6 Å². The first-order chi connectivity index (χ1) is 14.6. The summed E-state index contributed by atoms with van der Waals surface area (Å²) in [5, 5.41) is 22.0. The minimum atomic E-state index is -1.48. The maximum Gasteiger partial charge on any atom is 0.181 e. The highest BCUT2D eigenvalue weighted by molar-refractivity contribution is 6.30. The minimum Gasteiger partial charge on any atom is -0.476 e. The van der Waals surface area contributed by atoms with Crippen LogP contribution in [0.4, 0.5) is 0 Å². The number of benzene rings is 2. The van der Waals surface area contributed by atoms with Crippen molar-refractivity contribution in [3.8, 4) is 11.8 Å². The molecule has 3 aliphatic rings. The van der Waals surface area contributed by atoms with Crippen molar-refractivity contribution >= 4 is 11.6 Å². The molecular weight excluding hydrogens is 400 g/mol. The van der Waals surface area contributed by atoms with Gasteiger partial charge in [-0.05, 0) is 23.3 Å². The molecule has 0 radical (unpaired) electrons. The van der Waals surface area contributed by atoms with Gasteiger partial charge in [0.25, 0.3) is 0 Å². The zero-order chi connectivity index (χ0) is 20.5. The smallest absolute Gasteiger partial charge is 0.181 e. The normalized spacial score (nSPS) is 32.9. The fourth-order valence-corrected chi connectivity index (χ4v) is 5.71. The summed E-state index contributed by atoms with van der Waals surface area (Å²) < 4.78 is 12.6. The van der Waals surface area contributed by atoms with E-state index in [-0.39, 0.29) is 11.8 Å². The summed E-state index contributed by atoms with van der Waals surface area (Å²) >= 11 is 6.20. The molecule has 1 aromatic heterocycles. The number of hydrogen-bond acceptors (Lipinski definition) is 5. The van der Waals surface area contributed by atoms with Crippen LogP contribution in [0.5, 0.6) is 5.75 Å². The van der Waals surface area contributed by atoms with Gasteiger partial charge in [-0.3, -0.25) is 4.98 Å². The molecule has 6 heteroatoms. The van der Waals surface area contributed by atoms with Crippen molar-refractivity contribution in [3.05, 3.63) is 94.3 Å². The SMILES string of the molecule is N#Cc1ccc(C23Oc4cc(Cl)cnc4C2(O)[C@@H]2OC[C@@H]2[C@H]3c2ccccc2)cc1. The molecule has 148 valence electrons. The molecule has 1 N–H and O–H groups in total. The van der Waals surface area contributed by atoms with E-state index in [4.69, 9.17) is 21.1 Å². The van der Waals surface area contributed by atoms with Gasteiger partial charge in [0.2, 0.25) is 0 Å². The van der Waals surface area contributed by atoms with E-state index >= 15 is 0 Å². The number of halogens is 1. The van der Waals surface area contributed by atoms with Crippen LogP contribution in [0.25, 0.3) is 0 Å². The molecule has 2 aromatic carbocycles. The average molecular weight is 417 g/mol. The van der Waals surface area contributed by atoms with Gasteiger partial charge in [-0.1, -0.05) is 54.1 Å². The molecule has 1 saturated heterocycles. The van der Waals surface area contributed by atoms with Crippen molar-refractivity contribution in [2.45, 2.75) is 23.2 Å². The lowest BCUT2D eigenvalue weighted by Gasteiger charge is -2.40. The maximum absolute atomic E-state index is 12.3. The first-order valence-corrected chi connectivity index (χ1v) is 10.2.